The highest BCUT2D eigenvalue weighted by Crippen LogP contribution is 2.25. The lowest BCUT2D eigenvalue weighted by Gasteiger charge is -2.33. The van der Waals surface area contributed by atoms with Gasteiger partial charge in [0.1, 0.15) is 11.5 Å². The van der Waals surface area contributed by atoms with Crippen molar-refractivity contribution in [2.75, 3.05) is 13.1 Å². The number of para-hydroxylation sites is 1. The Kier molecular flexibility index (Phi) is 4.61. The molecule has 0 aliphatic carbocycles. The maximum absolute atomic E-state index is 12.8. The van der Waals surface area contributed by atoms with Crippen molar-refractivity contribution in [3.05, 3.63) is 65.9 Å². The lowest BCUT2D eigenvalue weighted by Crippen LogP contribution is -2.41. The molecule has 0 bridgehead atoms. The summed E-state index contributed by atoms with van der Waals surface area (Å²) in [5.74, 6) is 1.11. The number of aryl methyl sites for hydroxylation is 1. The molecule has 1 aromatic carbocycles. The normalized spacial score (nSPS) is 17.4. The summed E-state index contributed by atoms with van der Waals surface area (Å²) in [4.78, 5) is 27.5. The van der Waals surface area contributed by atoms with E-state index in [0.29, 0.717) is 17.4 Å². The summed E-state index contributed by atoms with van der Waals surface area (Å²) < 4.78 is 0. The summed E-state index contributed by atoms with van der Waals surface area (Å²) in [6.07, 6.45) is 6.68. The van der Waals surface area contributed by atoms with Crippen molar-refractivity contribution in [2.45, 2.75) is 26.2 Å². The average Bonchev–Trinajstić information content (AvgIpc) is 2.68. The van der Waals surface area contributed by atoms with Crippen LogP contribution in [0.5, 0.6) is 0 Å². The molecule has 1 aliphatic heterocycles. The summed E-state index contributed by atoms with van der Waals surface area (Å²) >= 11 is 0. The average molecular weight is 346 g/mol. The van der Waals surface area contributed by atoms with Crippen molar-refractivity contribution < 1.29 is 4.79 Å². The molecule has 1 amide bonds. The first-order valence-corrected chi connectivity index (χ1v) is 9.12. The monoisotopic (exact) mass is 346 g/mol. The number of likely N-dealkylation sites (tertiary alicyclic amines) is 1. The van der Waals surface area contributed by atoms with Gasteiger partial charge in [0, 0.05) is 30.9 Å². The Hall–Kier alpha value is -2.82. The Bertz CT molecular complexity index is 935. The second kappa shape index (κ2) is 7.20. The fourth-order valence-electron chi connectivity index (χ4n) is 3.80. The Morgan fingerprint density at radius 1 is 1.15 bits per heavy atom. The van der Waals surface area contributed by atoms with E-state index in [1.165, 1.54) is 10.9 Å². The van der Waals surface area contributed by atoms with E-state index in [9.17, 15) is 4.79 Å². The van der Waals surface area contributed by atoms with E-state index in [1.54, 1.807) is 12.3 Å². The van der Waals surface area contributed by atoms with Gasteiger partial charge in [0.05, 0.1) is 5.52 Å². The summed E-state index contributed by atoms with van der Waals surface area (Å²) in [7, 11) is 0. The number of carbonyl (C=O) groups excluding carboxylic acids is 1. The predicted octanol–water partition coefficient (Wildman–Crippen LogP) is 3.43. The van der Waals surface area contributed by atoms with E-state index in [1.807, 2.05) is 30.2 Å². The Labute approximate surface area is 153 Å². The van der Waals surface area contributed by atoms with Crippen LogP contribution in [0.15, 0.2) is 48.8 Å². The van der Waals surface area contributed by atoms with Crippen LogP contribution in [0.2, 0.25) is 0 Å². The van der Waals surface area contributed by atoms with Crippen molar-refractivity contribution in [2.24, 2.45) is 5.92 Å². The molecular formula is C21H22N4O. The third kappa shape index (κ3) is 3.43. The zero-order valence-electron chi connectivity index (χ0n) is 14.9. The quantitative estimate of drug-likeness (QED) is 0.729. The third-order valence-corrected chi connectivity index (χ3v) is 5.05. The largest absolute Gasteiger partial charge is 0.337 e. The molecule has 1 fully saturated rings. The molecule has 0 saturated carbocycles. The molecule has 0 N–H and O–H groups in total. The number of fused-ring (bicyclic) bond motifs is 1. The van der Waals surface area contributed by atoms with Crippen LogP contribution in [0.3, 0.4) is 0 Å². The van der Waals surface area contributed by atoms with Crippen molar-refractivity contribution in [1.29, 1.82) is 0 Å². The zero-order chi connectivity index (χ0) is 17.9. The number of benzene rings is 1. The van der Waals surface area contributed by atoms with Crippen LogP contribution < -0.4 is 0 Å². The predicted molar refractivity (Wildman–Crippen MR) is 101 cm³/mol. The second-order valence-electron chi connectivity index (χ2n) is 6.94. The zero-order valence-corrected chi connectivity index (χ0v) is 14.9. The van der Waals surface area contributed by atoms with Crippen LogP contribution in [-0.2, 0) is 6.42 Å². The number of nitrogens with zero attached hydrogens (tertiary/aromatic N) is 4. The highest BCUT2D eigenvalue weighted by atomic mass is 16.2. The van der Waals surface area contributed by atoms with Gasteiger partial charge in [-0.25, -0.2) is 9.97 Å². The van der Waals surface area contributed by atoms with E-state index >= 15 is 0 Å². The van der Waals surface area contributed by atoms with Gasteiger partial charge in [0.2, 0.25) is 0 Å². The smallest absolute Gasteiger partial charge is 0.272 e. The minimum Gasteiger partial charge on any atom is -0.337 e. The highest BCUT2D eigenvalue weighted by Gasteiger charge is 2.25. The van der Waals surface area contributed by atoms with E-state index in [2.05, 4.69) is 33.2 Å². The van der Waals surface area contributed by atoms with Crippen LogP contribution in [0.1, 0.15) is 34.7 Å². The lowest BCUT2D eigenvalue weighted by atomic mass is 9.90. The van der Waals surface area contributed by atoms with Gasteiger partial charge in [-0.2, -0.15) is 0 Å². The van der Waals surface area contributed by atoms with Crippen LogP contribution in [-0.4, -0.2) is 38.8 Å². The first kappa shape index (κ1) is 16.6. The molecule has 0 unspecified atom stereocenters. The molecule has 5 heteroatoms. The van der Waals surface area contributed by atoms with Crippen molar-refractivity contribution in [3.63, 3.8) is 0 Å². The summed E-state index contributed by atoms with van der Waals surface area (Å²) in [5.41, 5.74) is 2.84. The fourth-order valence-corrected chi connectivity index (χ4v) is 3.80. The fraction of sp³-hybridized carbons (Fsp3) is 0.333. The van der Waals surface area contributed by atoms with Gasteiger partial charge < -0.3 is 4.90 Å². The molecule has 3 heterocycles. The van der Waals surface area contributed by atoms with E-state index in [0.717, 1.165) is 37.9 Å². The number of hydrogen-bond acceptors (Lipinski definition) is 4. The molecular weight excluding hydrogens is 324 g/mol. The van der Waals surface area contributed by atoms with Gasteiger partial charge in [0.15, 0.2) is 0 Å². The molecule has 1 aliphatic rings. The molecule has 0 radical (unpaired) electrons. The van der Waals surface area contributed by atoms with Crippen molar-refractivity contribution in [1.82, 2.24) is 19.9 Å². The van der Waals surface area contributed by atoms with Gasteiger partial charge in [-0.1, -0.05) is 18.2 Å². The Morgan fingerprint density at radius 2 is 2.00 bits per heavy atom. The van der Waals surface area contributed by atoms with Crippen LogP contribution >= 0.6 is 0 Å². The third-order valence-electron chi connectivity index (χ3n) is 5.05. The summed E-state index contributed by atoms with van der Waals surface area (Å²) in [5, 5.41) is 1.21. The van der Waals surface area contributed by atoms with E-state index in [4.69, 9.17) is 0 Å². The highest BCUT2D eigenvalue weighted by molar-refractivity contribution is 5.92. The number of pyridine rings is 1. The Morgan fingerprint density at radius 3 is 2.88 bits per heavy atom. The number of rotatable bonds is 3. The molecule has 0 spiro atoms. The van der Waals surface area contributed by atoms with Crippen LogP contribution in [0.25, 0.3) is 10.9 Å². The minimum absolute atomic E-state index is 0.0137. The number of aromatic nitrogens is 3. The number of piperidine rings is 1. The van der Waals surface area contributed by atoms with Gasteiger partial charge in [-0.3, -0.25) is 9.78 Å². The Balaban J connectivity index is 1.51. The molecule has 3 aromatic rings. The van der Waals surface area contributed by atoms with Crippen molar-refractivity contribution in [3.8, 4) is 0 Å². The topological polar surface area (TPSA) is 59.0 Å². The number of hydrogen-bond donors (Lipinski definition) is 0. The summed E-state index contributed by atoms with van der Waals surface area (Å²) in [6.45, 7) is 3.39. The molecule has 132 valence electrons. The van der Waals surface area contributed by atoms with Gasteiger partial charge >= 0.3 is 0 Å². The lowest BCUT2D eigenvalue weighted by molar-refractivity contribution is 0.0667. The molecule has 26 heavy (non-hydrogen) atoms. The molecule has 2 aromatic heterocycles. The van der Waals surface area contributed by atoms with Gasteiger partial charge in [0.25, 0.3) is 5.91 Å². The maximum Gasteiger partial charge on any atom is 0.272 e. The van der Waals surface area contributed by atoms with E-state index in [-0.39, 0.29) is 5.91 Å². The first-order valence-electron chi connectivity index (χ1n) is 9.12. The summed E-state index contributed by atoms with van der Waals surface area (Å²) in [6, 6.07) is 12.1. The van der Waals surface area contributed by atoms with E-state index < -0.39 is 0 Å². The maximum atomic E-state index is 12.8. The molecule has 5 nitrogen and oxygen atoms in total. The van der Waals surface area contributed by atoms with Crippen molar-refractivity contribution >= 4 is 16.8 Å². The van der Waals surface area contributed by atoms with Gasteiger partial charge in [-0.15, -0.1) is 0 Å². The molecule has 1 atom stereocenters. The number of carbonyl (C=O) groups is 1. The van der Waals surface area contributed by atoms with Crippen LogP contribution in [0.4, 0.5) is 0 Å². The van der Waals surface area contributed by atoms with Crippen LogP contribution in [0, 0.1) is 12.8 Å². The standard InChI is InChI=1S/C21H22N4O/c1-15-22-11-9-20(24-15)21(26)25-12-4-5-16(14-25)13-17-8-10-23-19-7-3-2-6-18(17)19/h2-3,6-11,16H,4-5,12-14H2,1H3/t16-/m0/s1. The number of amides is 1. The minimum atomic E-state index is 0.0137. The second-order valence-corrected chi connectivity index (χ2v) is 6.94. The molecule has 4 rings (SSSR count). The van der Waals surface area contributed by atoms with Gasteiger partial charge in [-0.05, 0) is 55.9 Å². The molecule has 1 saturated heterocycles. The first-order chi connectivity index (χ1) is 12.7. The SMILES string of the molecule is Cc1nccc(C(=O)N2CCC[C@@H](Cc3ccnc4ccccc34)C2)n1.